The number of carbonyl (C=O) groups excluding carboxylic acids is 1. The zero-order chi connectivity index (χ0) is 17.2. The Morgan fingerprint density at radius 2 is 1.79 bits per heavy atom. The second kappa shape index (κ2) is 7.11. The van der Waals surface area contributed by atoms with Crippen molar-refractivity contribution < 1.29 is 19.4 Å². The van der Waals surface area contributed by atoms with Gasteiger partial charge in [0.05, 0.1) is 0 Å². The number of carboxylic acids is 1. The SMILES string of the molecule is O=C(NCC1(c2ccc(Cl)cc2)CCCC1)[C@@H]1CC[C@H](C(=O)O)O1. The van der Waals surface area contributed by atoms with Crippen LogP contribution in [-0.4, -0.2) is 35.7 Å². The van der Waals surface area contributed by atoms with Crippen molar-refractivity contribution >= 4 is 23.5 Å². The van der Waals surface area contributed by atoms with E-state index >= 15 is 0 Å². The van der Waals surface area contributed by atoms with Crippen molar-refractivity contribution in [3.8, 4) is 0 Å². The van der Waals surface area contributed by atoms with Crippen LogP contribution in [0.3, 0.4) is 0 Å². The number of amides is 1. The van der Waals surface area contributed by atoms with Crippen molar-refractivity contribution in [2.24, 2.45) is 0 Å². The summed E-state index contributed by atoms with van der Waals surface area (Å²) in [6.45, 7) is 0.547. The Morgan fingerprint density at radius 3 is 2.38 bits per heavy atom. The van der Waals surface area contributed by atoms with Gasteiger partial charge in [-0.05, 0) is 43.4 Å². The predicted octanol–water partition coefficient (Wildman–Crippen LogP) is 2.90. The molecule has 1 saturated carbocycles. The van der Waals surface area contributed by atoms with Gasteiger partial charge in [-0.25, -0.2) is 4.79 Å². The number of ether oxygens (including phenoxy) is 1. The van der Waals surface area contributed by atoms with Crippen molar-refractivity contribution in [2.75, 3.05) is 6.54 Å². The number of nitrogens with one attached hydrogen (secondary N) is 1. The summed E-state index contributed by atoms with van der Waals surface area (Å²) in [6.07, 6.45) is 3.65. The van der Waals surface area contributed by atoms with Crippen molar-refractivity contribution in [3.63, 3.8) is 0 Å². The van der Waals surface area contributed by atoms with Crippen LogP contribution in [0.1, 0.15) is 44.1 Å². The van der Waals surface area contributed by atoms with Crippen LogP contribution in [0.25, 0.3) is 0 Å². The normalized spacial score (nSPS) is 25.5. The minimum Gasteiger partial charge on any atom is -0.479 e. The molecule has 2 N–H and O–H groups in total. The highest BCUT2D eigenvalue weighted by molar-refractivity contribution is 6.30. The number of aliphatic carboxylic acids is 1. The first kappa shape index (κ1) is 17.2. The first-order valence-electron chi connectivity index (χ1n) is 8.42. The molecule has 0 unspecified atom stereocenters. The van der Waals surface area contributed by atoms with Crippen LogP contribution in [0.2, 0.25) is 5.02 Å². The monoisotopic (exact) mass is 351 g/mol. The lowest BCUT2D eigenvalue weighted by molar-refractivity contribution is -0.151. The third-order valence-corrected chi connectivity index (χ3v) is 5.46. The summed E-state index contributed by atoms with van der Waals surface area (Å²) < 4.78 is 5.33. The minimum absolute atomic E-state index is 0.0644. The number of carboxylic acid groups (broad SMARTS) is 1. The fraction of sp³-hybridized carbons (Fsp3) is 0.556. The highest BCUT2D eigenvalue weighted by atomic mass is 35.5. The van der Waals surface area contributed by atoms with Gasteiger partial charge in [-0.3, -0.25) is 4.79 Å². The fourth-order valence-electron chi connectivity index (χ4n) is 3.80. The predicted molar refractivity (Wildman–Crippen MR) is 90.1 cm³/mol. The summed E-state index contributed by atoms with van der Waals surface area (Å²) in [4.78, 5) is 23.3. The Balaban J connectivity index is 1.64. The summed E-state index contributed by atoms with van der Waals surface area (Å²) in [7, 11) is 0. The lowest BCUT2D eigenvalue weighted by Gasteiger charge is -2.30. The molecule has 2 atom stereocenters. The standard InChI is InChI=1S/C18H22ClNO4/c19-13-5-3-12(4-6-13)18(9-1-2-10-18)11-20-16(21)14-7-8-15(24-14)17(22)23/h3-6,14-15H,1-2,7-11H2,(H,20,21)(H,22,23)/t14-,15+/m0/s1. The molecule has 1 heterocycles. The number of carbonyl (C=O) groups is 2. The van der Waals surface area contributed by atoms with E-state index < -0.39 is 18.2 Å². The zero-order valence-electron chi connectivity index (χ0n) is 13.5. The largest absolute Gasteiger partial charge is 0.479 e. The van der Waals surface area contributed by atoms with E-state index in [1.165, 1.54) is 5.56 Å². The van der Waals surface area contributed by atoms with Crippen LogP contribution >= 0.6 is 11.6 Å². The Hall–Kier alpha value is -1.59. The zero-order valence-corrected chi connectivity index (χ0v) is 14.2. The molecule has 6 heteroatoms. The number of halogens is 1. The van der Waals surface area contributed by atoms with E-state index in [9.17, 15) is 9.59 Å². The van der Waals surface area contributed by atoms with Crippen LogP contribution in [0.15, 0.2) is 24.3 Å². The molecule has 24 heavy (non-hydrogen) atoms. The van der Waals surface area contributed by atoms with Crippen LogP contribution in [-0.2, 0) is 19.7 Å². The molecule has 1 aromatic rings. The maximum Gasteiger partial charge on any atom is 0.332 e. The van der Waals surface area contributed by atoms with Gasteiger partial charge >= 0.3 is 5.97 Å². The molecule has 2 aliphatic rings. The van der Waals surface area contributed by atoms with Crippen molar-refractivity contribution in [1.82, 2.24) is 5.32 Å². The lowest BCUT2D eigenvalue weighted by atomic mass is 9.79. The molecule has 1 aromatic carbocycles. The Morgan fingerprint density at radius 1 is 1.17 bits per heavy atom. The second-order valence-corrected chi connectivity index (χ2v) is 7.18. The van der Waals surface area contributed by atoms with Gasteiger partial charge < -0.3 is 15.2 Å². The van der Waals surface area contributed by atoms with Gasteiger partial charge in [-0.15, -0.1) is 0 Å². The molecule has 0 aromatic heterocycles. The quantitative estimate of drug-likeness (QED) is 0.855. The Kier molecular flexibility index (Phi) is 5.11. The second-order valence-electron chi connectivity index (χ2n) is 6.74. The lowest BCUT2D eigenvalue weighted by Crippen LogP contribution is -2.43. The number of rotatable bonds is 5. The molecule has 130 valence electrons. The maximum absolute atomic E-state index is 12.3. The summed E-state index contributed by atoms with van der Waals surface area (Å²) >= 11 is 5.98. The molecule has 0 bridgehead atoms. The molecular formula is C18H22ClNO4. The molecule has 0 radical (unpaired) electrons. The van der Waals surface area contributed by atoms with E-state index in [-0.39, 0.29) is 11.3 Å². The number of hydrogen-bond acceptors (Lipinski definition) is 3. The van der Waals surface area contributed by atoms with Gasteiger partial charge in [0.1, 0.15) is 6.10 Å². The molecule has 3 rings (SSSR count). The third-order valence-electron chi connectivity index (χ3n) is 5.21. The molecule has 0 spiro atoms. The van der Waals surface area contributed by atoms with Gasteiger partial charge in [0.2, 0.25) is 5.91 Å². The summed E-state index contributed by atoms with van der Waals surface area (Å²) in [6, 6.07) is 7.84. The third kappa shape index (κ3) is 3.57. The van der Waals surface area contributed by atoms with E-state index in [0.29, 0.717) is 24.4 Å². The number of hydrogen-bond donors (Lipinski definition) is 2. The van der Waals surface area contributed by atoms with Gasteiger partial charge in [-0.1, -0.05) is 36.6 Å². The minimum atomic E-state index is -1.00. The molecule has 5 nitrogen and oxygen atoms in total. The van der Waals surface area contributed by atoms with Crippen molar-refractivity contribution in [2.45, 2.75) is 56.1 Å². The smallest absolute Gasteiger partial charge is 0.332 e. The van der Waals surface area contributed by atoms with Gasteiger partial charge in [0.15, 0.2) is 6.10 Å². The molecule has 1 saturated heterocycles. The average molecular weight is 352 g/mol. The van der Waals surface area contributed by atoms with Gasteiger partial charge in [0, 0.05) is 17.0 Å². The van der Waals surface area contributed by atoms with E-state index in [2.05, 4.69) is 5.32 Å². The fourth-order valence-corrected chi connectivity index (χ4v) is 3.93. The summed E-state index contributed by atoms with van der Waals surface area (Å²) in [5.74, 6) is -1.21. The van der Waals surface area contributed by atoms with Crippen LogP contribution in [0.5, 0.6) is 0 Å². The van der Waals surface area contributed by atoms with Crippen LogP contribution in [0.4, 0.5) is 0 Å². The Bertz CT molecular complexity index is 610. The van der Waals surface area contributed by atoms with Gasteiger partial charge in [0.25, 0.3) is 0 Å². The molecule has 1 amide bonds. The molecular weight excluding hydrogens is 330 g/mol. The van der Waals surface area contributed by atoms with E-state index in [4.69, 9.17) is 21.4 Å². The average Bonchev–Trinajstić information content (AvgIpc) is 3.23. The maximum atomic E-state index is 12.3. The van der Waals surface area contributed by atoms with Crippen LogP contribution < -0.4 is 5.32 Å². The van der Waals surface area contributed by atoms with E-state index in [1.807, 2.05) is 24.3 Å². The van der Waals surface area contributed by atoms with Crippen LogP contribution in [0, 0.1) is 0 Å². The van der Waals surface area contributed by atoms with E-state index in [1.54, 1.807) is 0 Å². The first-order chi connectivity index (χ1) is 11.5. The van der Waals surface area contributed by atoms with Gasteiger partial charge in [-0.2, -0.15) is 0 Å². The Labute approximate surface area is 146 Å². The summed E-state index contributed by atoms with van der Waals surface area (Å²) in [5.41, 5.74) is 1.13. The highest BCUT2D eigenvalue weighted by Gasteiger charge is 2.38. The van der Waals surface area contributed by atoms with Crippen molar-refractivity contribution in [1.29, 1.82) is 0 Å². The molecule has 2 fully saturated rings. The van der Waals surface area contributed by atoms with E-state index in [0.717, 1.165) is 25.7 Å². The molecule has 1 aliphatic carbocycles. The highest BCUT2D eigenvalue weighted by Crippen LogP contribution is 2.41. The topological polar surface area (TPSA) is 75.6 Å². The first-order valence-corrected chi connectivity index (χ1v) is 8.80. The van der Waals surface area contributed by atoms with Crippen molar-refractivity contribution in [3.05, 3.63) is 34.9 Å². The molecule has 1 aliphatic heterocycles. The number of benzene rings is 1. The summed E-state index contributed by atoms with van der Waals surface area (Å²) in [5, 5.41) is 12.7.